The number of hydrogen-bond donors (Lipinski definition) is 0. The summed E-state index contributed by atoms with van der Waals surface area (Å²) in [5, 5.41) is 0. The summed E-state index contributed by atoms with van der Waals surface area (Å²) in [4.78, 5) is 25.3. The van der Waals surface area contributed by atoms with E-state index >= 15 is 0 Å². The largest absolute Gasteiger partial charge is 0.481 e. The molecule has 1 aromatic rings. The summed E-state index contributed by atoms with van der Waals surface area (Å²) < 4.78 is 5.75. The number of hydrogen-bond acceptors (Lipinski definition) is 3. The average molecular weight is 275 g/mol. The van der Waals surface area contributed by atoms with Crippen molar-refractivity contribution >= 4 is 11.7 Å². The number of aryl methyl sites for hydroxylation is 1. The van der Waals surface area contributed by atoms with Crippen LogP contribution in [0.4, 0.5) is 0 Å². The van der Waals surface area contributed by atoms with Crippen LogP contribution in [0.3, 0.4) is 0 Å². The molecule has 1 saturated heterocycles. The van der Waals surface area contributed by atoms with E-state index in [1.165, 1.54) is 6.92 Å². The second kappa shape index (κ2) is 6.07. The van der Waals surface area contributed by atoms with Crippen molar-refractivity contribution in [1.29, 1.82) is 0 Å². The first kappa shape index (κ1) is 14.6. The molecule has 108 valence electrons. The monoisotopic (exact) mass is 275 g/mol. The SMILES string of the molecule is CC(=O)c1ccc(OC(C)C(=O)N2CCCC2)c(C)c1. The molecule has 0 aliphatic carbocycles. The molecule has 2 rings (SSSR count). The first-order valence-corrected chi connectivity index (χ1v) is 7.06. The van der Waals surface area contributed by atoms with Crippen molar-refractivity contribution in [2.75, 3.05) is 13.1 Å². The predicted molar refractivity (Wildman–Crippen MR) is 77.1 cm³/mol. The van der Waals surface area contributed by atoms with Gasteiger partial charge in [-0.25, -0.2) is 0 Å². The maximum absolute atomic E-state index is 12.2. The van der Waals surface area contributed by atoms with E-state index in [-0.39, 0.29) is 11.7 Å². The number of carbonyl (C=O) groups excluding carboxylic acids is 2. The number of carbonyl (C=O) groups is 2. The minimum atomic E-state index is -0.491. The van der Waals surface area contributed by atoms with Crippen LogP contribution in [0.15, 0.2) is 18.2 Å². The van der Waals surface area contributed by atoms with E-state index in [4.69, 9.17) is 4.74 Å². The van der Waals surface area contributed by atoms with Gasteiger partial charge in [-0.2, -0.15) is 0 Å². The third-order valence-electron chi connectivity index (χ3n) is 3.65. The number of ketones is 1. The number of benzene rings is 1. The van der Waals surface area contributed by atoms with Crippen LogP contribution in [-0.4, -0.2) is 35.8 Å². The van der Waals surface area contributed by atoms with Gasteiger partial charge in [-0.1, -0.05) is 0 Å². The first-order valence-electron chi connectivity index (χ1n) is 7.06. The lowest BCUT2D eigenvalue weighted by atomic mass is 10.1. The summed E-state index contributed by atoms with van der Waals surface area (Å²) in [5.74, 6) is 0.730. The maximum atomic E-state index is 12.2. The predicted octanol–water partition coefficient (Wildman–Crippen LogP) is 2.59. The van der Waals surface area contributed by atoms with Crippen LogP contribution >= 0.6 is 0 Å². The molecule has 1 atom stereocenters. The minimum Gasteiger partial charge on any atom is -0.481 e. The van der Waals surface area contributed by atoms with E-state index in [0.29, 0.717) is 11.3 Å². The van der Waals surface area contributed by atoms with E-state index in [1.54, 1.807) is 25.1 Å². The number of nitrogens with zero attached hydrogens (tertiary/aromatic N) is 1. The molecule has 0 aromatic heterocycles. The van der Waals surface area contributed by atoms with Gasteiger partial charge in [0.15, 0.2) is 11.9 Å². The summed E-state index contributed by atoms with van der Waals surface area (Å²) in [6.45, 7) is 6.85. The van der Waals surface area contributed by atoms with Crippen LogP contribution in [-0.2, 0) is 4.79 Å². The van der Waals surface area contributed by atoms with Gasteiger partial charge in [0.25, 0.3) is 5.91 Å². The van der Waals surface area contributed by atoms with Crippen molar-refractivity contribution in [3.05, 3.63) is 29.3 Å². The first-order chi connectivity index (χ1) is 9.49. The Morgan fingerprint density at radius 2 is 1.90 bits per heavy atom. The molecule has 0 N–H and O–H groups in total. The second-order valence-electron chi connectivity index (χ2n) is 5.33. The van der Waals surface area contributed by atoms with E-state index in [0.717, 1.165) is 31.5 Å². The molecule has 1 amide bonds. The van der Waals surface area contributed by atoms with Crippen LogP contribution in [0.1, 0.15) is 42.6 Å². The van der Waals surface area contributed by atoms with Crippen molar-refractivity contribution < 1.29 is 14.3 Å². The highest BCUT2D eigenvalue weighted by Crippen LogP contribution is 2.21. The molecule has 4 heteroatoms. The molecule has 1 unspecified atom stereocenters. The second-order valence-corrected chi connectivity index (χ2v) is 5.33. The standard InChI is InChI=1S/C16H21NO3/c1-11-10-14(12(2)18)6-7-15(11)20-13(3)16(19)17-8-4-5-9-17/h6-7,10,13H,4-5,8-9H2,1-3H3. The minimum absolute atomic E-state index is 0.0286. The van der Waals surface area contributed by atoms with Gasteiger partial charge in [-0.3, -0.25) is 9.59 Å². The van der Waals surface area contributed by atoms with E-state index in [2.05, 4.69) is 0 Å². The summed E-state index contributed by atoms with van der Waals surface area (Å²) >= 11 is 0. The summed E-state index contributed by atoms with van der Waals surface area (Å²) in [6, 6.07) is 5.29. The van der Waals surface area contributed by atoms with Crippen LogP contribution < -0.4 is 4.74 Å². The highest BCUT2D eigenvalue weighted by Gasteiger charge is 2.24. The molecule has 1 aromatic carbocycles. The van der Waals surface area contributed by atoms with Crippen LogP contribution in [0.5, 0.6) is 5.75 Å². The van der Waals surface area contributed by atoms with E-state index in [9.17, 15) is 9.59 Å². The fraction of sp³-hybridized carbons (Fsp3) is 0.500. The highest BCUT2D eigenvalue weighted by atomic mass is 16.5. The Hall–Kier alpha value is -1.84. The Labute approximate surface area is 119 Å². The van der Waals surface area contributed by atoms with Gasteiger partial charge in [0.2, 0.25) is 0 Å². The zero-order chi connectivity index (χ0) is 14.7. The Morgan fingerprint density at radius 1 is 1.25 bits per heavy atom. The molecule has 1 aliphatic heterocycles. The van der Waals surface area contributed by atoms with Gasteiger partial charge in [0.1, 0.15) is 5.75 Å². The van der Waals surface area contributed by atoms with Gasteiger partial charge in [-0.05, 0) is 57.4 Å². The number of rotatable bonds is 4. The molecule has 0 radical (unpaired) electrons. The Bertz CT molecular complexity index is 518. The molecule has 20 heavy (non-hydrogen) atoms. The molecule has 1 aliphatic rings. The summed E-state index contributed by atoms with van der Waals surface area (Å²) in [5.41, 5.74) is 1.53. The zero-order valence-electron chi connectivity index (χ0n) is 12.3. The Kier molecular flexibility index (Phi) is 4.42. The maximum Gasteiger partial charge on any atom is 0.263 e. The lowest BCUT2D eigenvalue weighted by Gasteiger charge is -2.22. The third-order valence-corrected chi connectivity index (χ3v) is 3.65. The highest BCUT2D eigenvalue weighted by molar-refractivity contribution is 5.94. The van der Waals surface area contributed by atoms with Crippen LogP contribution in [0.2, 0.25) is 0 Å². The van der Waals surface area contributed by atoms with Crippen LogP contribution in [0, 0.1) is 6.92 Å². The molecular formula is C16H21NO3. The summed E-state index contributed by atoms with van der Waals surface area (Å²) in [7, 11) is 0. The van der Waals surface area contributed by atoms with Crippen molar-refractivity contribution in [3.8, 4) is 5.75 Å². The Morgan fingerprint density at radius 3 is 2.45 bits per heavy atom. The average Bonchev–Trinajstić information content (AvgIpc) is 2.93. The third kappa shape index (κ3) is 3.18. The molecule has 0 spiro atoms. The summed E-state index contributed by atoms with van der Waals surface area (Å²) in [6.07, 6.45) is 1.66. The zero-order valence-corrected chi connectivity index (χ0v) is 12.3. The van der Waals surface area contributed by atoms with Crippen molar-refractivity contribution in [2.45, 2.75) is 39.7 Å². The van der Waals surface area contributed by atoms with Gasteiger partial charge >= 0.3 is 0 Å². The molecule has 0 bridgehead atoms. The topological polar surface area (TPSA) is 46.6 Å². The van der Waals surface area contributed by atoms with Gasteiger partial charge < -0.3 is 9.64 Å². The van der Waals surface area contributed by atoms with Gasteiger partial charge in [0.05, 0.1) is 0 Å². The fourth-order valence-corrected chi connectivity index (χ4v) is 2.44. The number of amides is 1. The number of likely N-dealkylation sites (tertiary alicyclic amines) is 1. The lowest BCUT2D eigenvalue weighted by Crippen LogP contribution is -2.38. The van der Waals surface area contributed by atoms with Crippen molar-refractivity contribution in [2.24, 2.45) is 0 Å². The smallest absolute Gasteiger partial charge is 0.263 e. The number of ether oxygens (including phenoxy) is 1. The lowest BCUT2D eigenvalue weighted by molar-refractivity contribution is -0.136. The molecule has 1 fully saturated rings. The van der Waals surface area contributed by atoms with E-state index < -0.39 is 6.10 Å². The Balaban J connectivity index is 2.05. The molecule has 4 nitrogen and oxygen atoms in total. The van der Waals surface area contributed by atoms with Crippen molar-refractivity contribution in [1.82, 2.24) is 4.90 Å². The quantitative estimate of drug-likeness (QED) is 0.793. The van der Waals surface area contributed by atoms with Gasteiger partial charge in [-0.15, -0.1) is 0 Å². The number of Topliss-reactive ketones (excluding diaryl/α,β-unsaturated/α-hetero) is 1. The molecular weight excluding hydrogens is 254 g/mol. The molecule has 0 saturated carbocycles. The normalized spacial score (nSPS) is 16.1. The van der Waals surface area contributed by atoms with Crippen molar-refractivity contribution in [3.63, 3.8) is 0 Å². The van der Waals surface area contributed by atoms with Crippen LogP contribution in [0.25, 0.3) is 0 Å². The van der Waals surface area contributed by atoms with E-state index in [1.807, 2.05) is 11.8 Å². The fourth-order valence-electron chi connectivity index (χ4n) is 2.44. The van der Waals surface area contributed by atoms with Gasteiger partial charge in [0, 0.05) is 18.7 Å². The molecule has 1 heterocycles.